The highest BCUT2D eigenvalue weighted by molar-refractivity contribution is 6.30. The summed E-state index contributed by atoms with van der Waals surface area (Å²) in [7, 11) is 0. The summed E-state index contributed by atoms with van der Waals surface area (Å²) in [5, 5.41) is 2.73. The maximum absolute atomic E-state index is 6.03. The Morgan fingerprint density at radius 3 is 2.53 bits per heavy atom. The standard InChI is InChI=1S/C14H11ClN2/c1-8-7-12(15)17-14-11(8)6-5-10-4-3-9(2)16-13(10)14/h3-7H,1-2H3. The lowest BCUT2D eigenvalue weighted by atomic mass is 10.1. The smallest absolute Gasteiger partial charge is 0.130 e. The topological polar surface area (TPSA) is 25.8 Å². The monoisotopic (exact) mass is 242 g/mol. The van der Waals surface area contributed by atoms with Gasteiger partial charge >= 0.3 is 0 Å². The van der Waals surface area contributed by atoms with Crippen molar-refractivity contribution in [1.29, 1.82) is 0 Å². The zero-order valence-electron chi connectivity index (χ0n) is 9.66. The van der Waals surface area contributed by atoms with Gasteiger partial charge in [-0.1, -0.05) is 29.8 Å². The van der Waals surface area contributed by atoms with E-state index in [1.165, 1.54) is 0 Å². The van der Waals surface area contributed by atoms with E-state index in [1.807, 2.05) is 26.0 Å². The van der Waals surface area contributed by atoms with Crippen LogP contribution >= 0.6 is 11.6 Å². The number of aryl methyl sites for hydroxylation is 2. The molecule has 0 spiro atoms. The summed E-state index contributed by atoms with van der Waals surface area (Å²) < 4.78 is 0. The van der Waals surface area contributed by atoms with E-state index < -0.39 is 0 Å². The van der Waals surface area contributed by atoms with Crippen LogP contribution in [0.5, 0.6) is 0 Å². The molecule has 0 radical (unpaired) electrons. The first-order valence-electron chi connectivity index (χ1n) is 5.48. The van der Waals surface area contributed by atoms with Gasteiger partial charge in [0, 0.05) is 16.5 Å². The minimum atomic E-state index is 0.519. The van der Waals surface area contributed by atoms with Crippen molar-refractivity contribution in [1.82, 2.24) is 9.97 Å². The molecule has 3 rings (SSSR count). The lowest BCUT2D eigenvalue weighted by molar-refractivity contribution is 1.25. The van der Waals surface area contributed by atoms with Crippen LogP contribution in [0.15, 0.2) is 30.3 Å². The Hall–Kier alpha value is -1.67. The fourth-order valence-corrected chi connectivity index (χ4v) is 2.35. The first-order valence-corrected chi connectivity index (χ1v) is 5.86. The summed E-state index contributed by atoms with van der Waals surface area (Å²) in [6.45, 7) is 4.02. The first kappa shape index (κ1) is 10.5. The molecule has 17 heavy (non-hydrogen) atoms. The van der Waals surface area contributed by atoms with Crippen LogP contribution < -0.4 is 0 Å². The highest BCUT2D eigenvalue weighted by Crippen LogP contribution is 2.26. The van der Waals surface area contributed by atoms with Gasteiger partial charge in [0.25, 0.3) is 0 Å². The van der Waals surface area contributed by atoms with Gasteiger partial charge in [0.2, 0.25) is 0 Å². The summed E-state index contributed by atoms with van der Waals surface area (Å²) in [6, 6.07) is 10.1. The molecule has 2 nitrogen and oxygen atoms in total. The number of hydrogen-bond donors (Lipinski definition) is 0. The van der Waals surface area contributed by atoms with Gasteiger partial charge < -0.3 is 0 Å². The lowest BCUT2D eigenvalue weighted by Crippen LogP contribution is -1.90. The van der Waals surface area contributed by atoms with Crippen LogP contribution in [0.4, 0.5) is 0 Å². The van der Waals surface area contributed by atoms with Gasteiger partial charge in [-0.3, -0.25) is 4.98 Å². The van der Waals surface area contributed by atoms with E-state index in [0.29, 0.717) is 5.15 Å². The normalized spacial score (nSPS) is 11.2. The molecule has 0 saturated carbocycles. The van der Waals surface area contributed by atoms with Crippen molar-refractivity contribution in [2.75, 3.05) is 0 Å². The van der Waals surface area contributed by atoms with E-state index in [-0.39, 0.29) is 0 Å². The Morgan fingerprint density at radius 2 is 1.71 bits per heavy atom. The second kappa shape index (κ2) is 3.67. The molecule has 0 N–H and O–H groups in total. The molecule has 3 aromatic rings. The van der Waals surface area contributed by atoms with Crippen LogP contribution in [-0.4, -0.2) is 9.97 Å². The number of hydrogen-bond acceptors (Lipinski definition) is 2. The van der Waals surface area contributed by atoms with Crippen molar-refractivity contribution in [3.8, 4) is 0 Å². The number of nitrogens with zero attached hydrogens (tertiary/aromatic N) is 2. The second-order valence-corrected chi connectivity index (χ2v) is 4.64. The molecular formula is C14H11ClN2. The summed E-state index contributed by atoms with van der Waals surface area (Å²) in [5.74, 6) is 0. The Kier molecular flexibility index (Phi) is 2.26. The van der Waals surface area contributed by atoms with Gasteiger partial charge in [-0.05, 0) is 31.5 Å². The summed E-state index contributed by atoms with van der Waals surface area (Å²) in [4.78, 5) is 8.97. The van der Waals surface area contributed by atoms with Crippen molar-refractivity contribution in [2.45, 2.75) is 13.8 Å². The molecule has 0 aliphatic carbocycles. The number of pyridine rings is 2. The quantitative estimate of drug-likeness (QED) is 0.439. The van der Waals surface area contributed by atoms with Crippen LogP contribution in [0.1, 0.15) is 11.3 Å². The molecule has 0 fully saturated rings. The third kappa shape index (κ3) is 1.65. The van der Waals surface area contributed by atoms with Crippen molar-refractivity contribution < 1.29 is 0 Å². The van der Waals surface area contributed by atoms with Crippen LogP contribution in [0.3, 0.4) is 0 Å². The van der Waals surface area contributed by atoms with Crippen molar-refractivity contribution in [2.24, 2.45) is 0 Å². The van der Waals surface area contributed by atoms with Gasteiger partial charge in [0.1, 0.15) is 5.15 Å². The molecule has 0 aliphatic heterocycles. The van der Waals surface area contributed by atoms with E-state index in [2.05, 4.69) is 28.2 Å². The molecule has 0 amide bonds. The van der Waals surface area contributed by atoms with E-state index in [0.717, 1.165) is 33.1 Å². The second-order valence-electron chi connectivity index (χ2n) is 4.25. The molecule has 0 unspecified atom stereocenters. The predicted molar refractivity (Wildman–Crippen MR) is 71.5 cm³/mol. The molecule has 0 bridgehead atoms. The summed E-state index contributed by atoms with van der Waals surface area (Å²) >= 11 is 6.03. The molecule has 0 atom stereocenters. The molecule has 3 heteroatoms. The van der Waals surface area contributed by atoms with Gasteiger partial charge in [-0.25, -0.2) is 4.98 Å². The average Bonchev–Trinajstić information content (AvgIpc) is 2.28. The minimum Gasteiger partial charge on any atom is -0.251 e. The zero-order chi connectivity index (χ0) is 12.0. The van der Waals surface area contributed by atoms with E-state index in [4.69, 9.17) is 11.6 Å². The predicted octanol–water partition coefficient (Wildman–Crippen LogP) is 4.05. The van der Waals surface area contributed by atoms with E-state index in [1.54, 1.807) is 0 Å². The molecule has 2 heterocycles. The molecule has 84 valence electrons. The maximum atomic E-state index is 6.03. The molecule has 2 aromatic heterocycles. The lowest BCUT2D eigenvalue weighted by Gasteiger charge is -2.06. The highest BCUT2D eigenvalue weighted by Gasteiger charge is 2.07. The van der Waals surface area contributed by atoms with Gasteiger partial charge in [-0.15, -0.1) is 0 Å². The van der Waals surface area contributed by atoms with E-state index >= 15 is 0 Å². The Labute approximate surface area is 104 Å². The fraction of sp³-hybridized carbons (Fsp3) is 0.143. The Balaban J connectivity index is 2.58. The van der Waals surface area contributed by atoms with Crippen LogP contribution in [0.2, 0.25) is 5.15 Å². The van der Waals surface area contributed by atoms with Gasteiger partial charge in [0.15, 0.2) is 0 Å². The fourth-order valence-electron chi connectivity index (χ4n) is 2.10. The number of fused-ring (bicyclic) bond motifs is 3. The van der Waals surface area contributed by atoms with Crippen molar-refractivity contribution in [3.05, 3.63) is 46.7 Å². The van der Waals surface area contributed by atoms with Crippen molar-refractivity contribution >= 4 is 33.4 Å². The first-order chi connectivity index (χ1) is 8.15. The van der Waals surface area contributed by atoms with Crippen molar-refractivity contribution in [3.63, 3.8) is 0 Å². The summed E-state index contributed by atoms with van der Waals surface area (Å²) in [5.41, 5.74) is 3.93. The SMILES string of the molecule is Cc1ccc2ccc3c(C)cc(Cl)nc3c2n1. The highest BCUT2D eigenvalue weighted by atomic mass is 35.5. The van der Waals surface area contributed by atoms with Crippen LogP contribution in [0.25, 0.3) is 21.8 Å². The maximum Gasteiger partial charge on any atom is 0.130 e. The Bertz CT molecular complexity index is 735. The third-order valence-electron chi connectivity index (χ3n) is 2.95. The van der Waals surface area contributed by atoms with Gasteiger partial charge in [-0.2, -0.15) is 0 Å². The molecule has 0 saturated heterocycles. The van der Waals surface area contributed by atoms with Crippen LogP contribution in [-0.2, 0) is 0 Å². The number of halogens is 1. The molecular weight excluding hydrogens is 232 g/mol. The molecule has 1 aromatic carbocycles. The number of rotatable bonds is 0. The van der Waals surface area contributed by atoms with E-state index in [9.17, 15) is 0 Å². The largest absolute Gasteiger partial charge is 0.251 e. The number of aromatic nitrogens is 2. The van der Waals surface area contributed by atoms with Gasteiger partial charge in [0.05, 0.1) is 11.0 Å². The molecule has 0 aliphatic rings. The Morgan fingerprint density at radius 1 is 0.941 bits per heavy atom. The average molecular weight is 243 g/mol. The zero-order valence-corrected chi connectivity index (χ0v) is 10.4. The minimum absolute atomic E-state index is 0.519. The summed E-state index contributed by atoms with van der Waals surface area (Å²) in [6.07, 6.45) is 0. The number of benzene rings is 1. The van der Waals surface area contributed by atoms with Crippen LogP contribution in [0, 0.1) is 13.8 Å². The third-order valence-corrected chi connectivity index (χ3v) is 3.15.